The summed E-state index contributed by atoms with van der Waals surface area (Å²) in [7, 11) is 2.11. The maximum atomic E-state index is 6.42. The van der Waals surface area contributed by atoms with Gasteiger partial charge in [-0.2, -0.15) is 0 Å². The van der Waals surface area contributed by atoms with Crippen LogP contribution in [0.2, 0.25) is 0 Å². The molecule has 8 nitrogen and oxygen atoms in total. The van der Waals surface area contributed by atoms with Gasteiger partial charge in [0.05, 0.1) is 18.4 Å². The first-order valence-electron chi connectivity index (χ1n) is 14.3. The Morgan fingerprint density at radius 3 is 2.22 bits per heavy atom. The van der Waals surface area contributed by atoms with Gasteiger partial charge in [0.25, 0.3) is 0 Å². The lowest BCUT2D eigenvalue weighted by Crippen LogP contribution is -2.62. The highest BCUT2D eigenvalue weighted by molar-refractivity contribution is 5.79. The predicted octanol–water partition coefficient (Wildman–Crippen LogP) is 6.83. The van der Waals surface area contributed by atoms with E-state index < -0.39 is 0 Å². The molecule has 2 aromatic heterocycles. The minimum absolute atomic E-state index is 0.0363. The minimum atomic E-state index is 0.0363. The Bertz CT molecular complexity index is 1450. The van der Waals surface area contributed by atoms with Gasteiger partial charge in [-0.25, -0.2) is 4.98 Å². The van der Waals surface area contributed by atoms with Gasteiger partial charge in [0, 0.05) is 29.7 Å². The Labute approximate surface area is 243 Å². The van der Waals surface area contributed by atoms with Gasteiger partial charge in [0.2, 0.25) is 5.89 Å². The Morgan fingerprint density at radius 2 is 1.63 bits per heavy atom. The van der Waals surface area contributed by atoms with Crippen molar-refractivity contribution in [2.75, 3.05) is 18.6 Å². The van der Waals surface area contributed by atoms with E-state index in [1.807, 2.05) is 68.4 Å². The first-order chi connectivity index (χ1) is 19.5. The maximum absolute atomic E-state index is 6.42. The number of hydrogen-bond acceptors (Lipinski definition) is 8. The van der Waals surface area contributed by atoms with Gasteiger partial charge >= 0.3 is 0 Å². The van der Waals surface area contributed by atoms with Crippen LogP contribution in [0.5, 0.6) is 11.5 Å². The second kappa shape index (κ2) is 11.5. The van der Waals surface area contributed by atoms with Crippen molar-refractivity contribution in [2.24, 2.45) is 0 Å². The van der Waals surface area contributed by atoms with Crippen molar-refractivity contribution < 1.29 is 13.9 Å². The average molecular weight is 556 g/mol. The number of hydrogen-bond donors (Lipinski definition) is 1. The molecule has 0 spiro atoms. The van der Waals surface area contributed by atoms with Crippen LogP contribution in [-0.4, -0.2) is 46.0 Å². The molecule has 1 aliphatic rings. The van der Waals surface area contributed by atoms with Crippen molar-refractivity contribution in [2.45, 2.75) is 78.1 Å². The molecule has 5 rings (SSSR count). The third-order valence-electron chi connectivity index (χ3n) is 7.46. The number of benzene rings is 2. The summed E-state index contributed by atoms with van der Waals surface area (Å²) in [6.07, 6.45) is 3.74. The quantitative estimate of drug-likeness (QED) is 0.241. The van der Waals surface area contributed by atoms with E-state index in [1.165, 1.54) is 0 Å². The first kappa shape index (κ1) is 28.6. The van der Waals surface area contributed by atoms with Gasteiger partial charge in [-0.05, 0) is 84.2 Å². The lowest BCUT2D eigenvalue weighted by molar-refractivity contribution is 0.160. The Morgan fingerprint density at radius 1 is 0.951 bits per heavy atom. The molecule has 216 valence electrons. The highest BCUT2D eigenvalue weighted by Gasteiger charge is 2.39. The highest BCUT2D eigenvalue weighted by Crippen LogP contribution is 2.42. The van der Waals surface area contributed by atoms with Gasteiger partial charge < -0.3 is 24.1 Å². The molecule has 0 saturated carbocycles. The number of nitrogens with zero attached hydrogens (tertiary/aromatic N) is 4. The third-order valence-corrected chi connectivity index (χ3v) is 7.46. The molecule has 4 aromatic rings. The Balaban J connectivity index is 1.51. The summed E-state index contributed by atoms with van der Waals surface area (Å²) < 4.78 is 18.4. The van der Waals surface area contributed by atoms with Crippen molar-refractivity contribution in [3.8, 4) is 34.2 Å². The fourth-order valence-electron chi connectivity index (χ4n) is 5.95. The smallest absolute Gasteiger partial charge is 0.226 e. The van der Waals surface area contributed by atoms with E-state index in [1.54, 1.807) is 6.20 Å². The average Bonchev–Trinajstić information content (AvgIpc) is 3.37. The summed E-state index contributed by atoms with van der Waals surface area (Å²) in [6, 6.07) is 18.3. The number of nitrogens with one attached hydrogen (secondary N) is 1. The fraction of sp³-hybridized carbons (Fsp3) is 0.424. The van der Waals surface area contributed by atoms with E-state index in [0.29, 0.717) is 42.3 Å². The number of aromatic nitrogens is 3. The zero-order valence-corrected chi connectivity index (χ0v) is 25.2. The lowest BCUT2D eigenvalue weighted by Gasteiger charge is -2.49. The monoisotopic (exact) mass is 555 g/mol. The van der Waals surface area contributed by atoms with E-state index in [-0.39, 0.29) is 11.1 Å². The van der Waals surface area contributed by atoms with Gasteiger partial charge in [-0.15, -0.1) is 10.2 Å². The molecule has 41 heavy (non-hydrogen) atoms. The molecule has 1 aliphatic heterocycles. The van der Waals surface area contributed by atoms with Crippen molar-refractivity contribution in [1.29, 1.82) is 0 Å². The van der Waals surface area contributed by atoms with Crippen LogP contribution in [0.25, 0.3) is 22.7 Å². The SMILES string of the molecule is CCOc1cc(-c2ncc(C)o2)cc(OCc2ccccc2)c1-c1ccc(N(C)C2CC(C)(C)NC(C)(C)C2)nn1. The van der Waals surface area contributed by atoms with E-state index in [2.05, 4.69) is 55.0 Å². The van der Waals surface area contributed by atoms with Crippen LogP contribution in [0, 0.1) is 6.92 Å². The highest BCUT2D eigenvalue weighted by atomic mass is 16.5. The van der Waals surface area contributed by atoms with Gasteiger partial charge in [-0.3, -0.25) is 0 Å². The topological polar surface area (TPSA) is 85.5 Å². The second-order valence-electron chi connectivity index (χ2n) is 12.2. The van der Waals surface area contributed by atoms with Crippen molar-refractivity contribution in [3.63, 3.8) is 0 Å². The van der Waals surface area contributed by atoms with Crippen LogP contribution in [0.4, 0.5) is 5.82 Å². The molecule has 3 heterocycles. The fourth-order valence-corrected chi connectivity index (χ4v) is 5.95. The van der Waals surface area contributed by atoms with Crippen LogP contribution >= 0.6 is 0 Å². The minimum Gasteiger partial charge on any atom is -0.493 e. The molecule has 0 bridgehead atoms. The Kier molecular flexibility index (Phi) is 8.04. The third kappa shape index (κ3) is 6.70. The molecular formula is C33H41N5O3. The van der Waals surface area contributed by atoms with Crippen molar-refractivity contribution in [1.82, 2.24) is 20.5 Å². The molecule has 2 aromatic carbocycles. The summed E-state index contributed by atoms with van der Waals surface area (Å²) in [4.78, 5) is 6.68. The van der Waals surface area contributed by atoms with E-state index in [4.69, 9.17) is 19.0 Å². The number of ether oxygens (including phenoxy) is 2. The number of piperidine rings is 1. The molecule has 0 aliphatic carbocycles. The summed E-state index contributed by atoms with van der Waals surface area (Å²) >= 11 is 0. The zero-order chi connectivity index (χ0) is 29.2. The van der Waals surface area contributed by atoms with E-state index >= 15 is 0 Å². The van der Waals surface area contributed by atoms with E-state index in [0.717, 1.165) is 41.1 Å². The standard InChI is InChI=1S/C33H41N5O3/c1-8-39-27-16-24(31-34-20-22(2)41-31)17-28(40-21-23-12-10-9-11-13-23)30(27)26-14-15-29(36-35-26)38(7)25-18-32(3,4)37-33(5,6)19-25/h9-17,20,25,37H,8,18-19,21H2,1-7H3. The largest absolute Gasteiger partial charge is 0.493 e. The molecule has 0 atom stereocenters. The number of aryl methyl sites for hydroxylation is 1. The molecule has 8 heteroatoms. The molecule has 0 radical (unpaired) electrons. The van der Waals surface area contributed by atoms with Crippen LogP contribution in [0.1, 0.15) is 58.8 Å². The number of oxazole rings is 1. The number of rotatable bonds is 9. The molecule has 1 saturated heterocycles. The normalized spacial score (nSPS) is 16.4. The summed E-state index contributed by atoms with van der Waals surface area (Å²) in [5.74, 6) is 3.35. The molecule has 0 unspecified atom stereocenters. The maximum Gasteiger partial charge on any atom is 0.226 e. The van der Waals surface area contributed by atoms with Crippen LogP contribution < -0.4 is 19.7 Å². The lowest BCUT2D eigenvalue weighted by atomic mass is 9.79. The van der Waals surface area contributed by atoms with E-state index in [9.17, 15) is 0 Å². The summed E-state index contributed by atoms with van der Waals surface area (Å²) in [6.45, 7) is 13.8. The first-order valence-corrected chi connectivity index (χ1v) is 14.3. The molecule has 1 fully saturated rings. The molecule has 0 amide bonds. The predicted molar refractivity (Wildman–Crippen MR) is 162 cm³/mol. The summed E-state index contributed by atoms with van der Waals surface area (Å²) in [5.41, 5.74) is 3.33. The van der Waals surface area contributed by atoms with Crippen molar-refractivity contribution in [3.05, 3.63) is 72.1 Å². The Hall–Kier alpha value is -3.91. The summed E-state index contributed by atoms with van der Waals surface area (Å²) in [5, 5.41) is 13.1. The zero-order valence-electron chi connectivity index (χ0n) is 25.2. The second-order valence-corrected chi connectivity index (χ2v) is 12.2. The molecular weight excluding hydrogens is 514 g/mol. The molecule has 1 N–H and O–H groups in total. The number of anilines is 1. The van der Waals surface area contributed by atoms with Crippen LogP contribution in [0.3, 0.4) is 0 Å². The van der Waals surface area contributed by atoms with Crippen LogP contribution in [0.15, 0.2) is 65.2 Å². The van der Waals surface area contributed by atoms with Gasteiger partial charge in [-0.1, -0.05) is 30.3 Å². The van der Waals surface area contributed by atoms with Gasteiger partial charge in [0.1, 0.15) is 29.6 Å². The van der Waals surface area contributed by atoms with Crippen LogP contribution in [-0.2, 0) is 6.61 Å². The van der Waals surface area contributed by atoms with Gasteiger partial charge in [0.15, 0.2) is 5.82 Å². The van der Waals surface area contributed by atoms with Crippen molar-refractivity contribution >= 4 is 5.82 Å².